The van der Waals surface area contributed by atoms with E-state index in [9.17, 15) is 13.2 Å². The SMILES string of the molecule is CCCCCc1ccc(-c2ccc(-c3ccc(CCC)cc3)nc2F)cc1.CCCCc1ccc(-c2ccc(-c3sc(CC)cc3F)cc2)cc1.CCOc1ccc(-c2ccc(C)cc2)nc1F.c1ccc2c(c1)-c1ccccc1C21c2ccccc2-c2ccccc21. The molecule has 0 aliphatic heterocycles. The van der Waals surface area contributed by atoms with Crippen LogP contribution in [0.2, 0.25) is 0 Å². The van der Waals surface area contributed by atoms with Crippen molar-refractivity contribution in [2.24, 2.45) is 0 Å². The molecular weight excluding hydrogens is 1170 g/mol. The van der Waals surface area contributed by atoms with E-state index in [0.717, 1.165) is 64.1 Å². The minimum Gasteiger partial charge on any atom is -0.489 e. The van der Waals surface area contributed by atoms with Crippen molar-refractivity contribution in [3.63, 3.8) is 0 Å². The van der Waals surface area contributed by atoms with Gasteiger partial charge >= 0.3 is 0 Å². The standard InChI is InChI=1S/C25H28FN.C25H16.C22H23FS.C14H14FNO/c1-3-5-6-8-20-9-13-21(14-10-20)23-17-18-24(27-25(23)26)22-15-11-19(7-4-2)12-16-22;1-5-13-21-17(9-1)18-10-2-6-14-22(18)25(21)23-15-7-3-11-19(23)20-12-4-8-16-24(20)25;1-3-5-6-16-7-9-17(10-8-16)18-11-13-19(14-12-18)22-21(23)15-20(4-2)24-22;1-3-17-13-9-8-12(16-14(13)15)11-6-4-10(2)5-7-11/h9-18H,3-8H2,1-2H3;1-16H;7-15H,3-6H2,1-2H3;4-9H,3H2,1-2H3. The van der Waals surface area contributed by atoms with Crippen molar-refractivity contribution in [3.05, 3.63) is 316 Å². The van der Waals surface area contributed by atoms with Crippen LogP contribution in [-0.4, -0.2) is 16.6 Å². The van der Waals surface area contributed by atoms with Crippen LogP contribution in [0, 0.1) is 24.6 Å². The summed E-state index contributed by atoms with van der Waals surface area (Å²) in [5.74, 6) is -0.887. The number of nitrogens with zero attached hydrogens (tertiary/aromatic N) is 2. The molecule has 3 aromatic heterocycles. The maximum atomic E-state index is 14.7. The molecule has 12 aromatic rings. The third kappa shape index (κ3) is 14.6. The van der Waals surface area contributed by atoms with Gasteiger partial charge in [-0.2, -0.15) is 8.78 Å². The average molecular weight is 1250 g/mol. The molecule has 14 rings (SSSR count). The highest BCUT2D eigenvalue weighted by Crippen LogP contribution is 2.62. The molecule has 0 saturated heterocycles. The number of hydrogen-bond donors (Lipinski definition) is 0. The Kier molecular flexibility index (Phi) is 21.5. The van der Waals surface area contributed by atoms with Gasteiger partial charge in [-0.25, -0.2) is 14.4 Å². The van der Waals surface area contributed by atoms with Crippen molar-refractivity contribution in [2.45, 2.75) is 111 Å². The van der Waals surface area contributed by atoms with Crippen LogP contribution >= 0.6 is 11.3 Å². The molecule has 93 heavy (non-hydrogen) atoms. The van der Waals surface area contributed by atoms with Gasteiger partial charge in [0.1, 0.15) is 5.82 Å². The Morgan fingerprint density at radius 2 is 0.796 bits per heavy atom. The van der Waals surface area contributed by atoms with Gasteiger partial charge in [-0.3, -0.25) is 0 Å². The number of rotatable bonds is 17. The molecule has 0 bridgehead atoms. The van der Waals surface area contributed by atoms with Crippen LogP contribution < -0.4 is 4.74 Å². The maximum Gasteiger partial charge on any atom is 0.255 e. The predicted molar refractivity (Wildman–Crippen MR) is 384 cm³/mol. The quantitative estimate of drug-likeness (QED) is 0.0673. The van der Waals surface area contributed by atoms with Gasteiger partial charge < -0.3 is 4.74 Å². The number of hydrogen-bond acceptors (Lipinski definition) is 4. The van der Waals surface area contributed by atoms with Crippen molar-refractivity contribution < 1.29 is 17.9 Å². The highest BCUT2D eigenvalue weighted by Gasteiger charge is 2.51. The molecule has 1 spiro atoms. The van der Waals surface area contributed by atoms with Crippen LogP contribution in [-0.2, 0) is 31.1 Å². The molecule has 0 N–H and O–H groups in total. The number of ether oxygens (including phenoxy) is 1. The summed E-state index contributed by atoms with van der Waals surface area (Å²) in [6.45, 7) is 12.9. The summed E-state index contributed by atoms with van der Waals surface area (Å²) < 4.78 is 47.4. The zero-order chi connectivity index (χ0) is 64.7. The largest absolute Gasteiger partial charge is 0.489 e. The second-order valence-corrected chi connectivity index (χ2v) is 25.1. The van der Waals surface area contributed by atoms with Crippen molar-refractivity contribution >= 4 is 11.3 Å². The second kappa shape index (κ2) is 30.8. The monoisotopic (exact) mass is 1250 g/mol. The molecule has 9 aromatic carbocycles. The molecule has 0 amide bonds. The van der Waals surface area contributed by atoms with E-state index >= 15 is 0 Å². The first-order valence-electron chi connectivity index (χ1n) is 33.1. The van der Waals surface area contributed by atoms with Gasteiger partial charge in [-0.05, 0) is 166 Å². The third-order valence-corrected chi connectivity index (χ3v) is 19.0. The van der Waals surface area contributed by atoms with Crippen LogP contribution in [0.1, 0.15) is 123 Å². The highest BCUT2D eigenvalue weighted by molar-refractivity contribution is 7.15. The van der Waals surface area contributed by atoms with Gasteiger partial charge in [0.25, 0.3) is 5.95 Å². The van der Waals surface area contributed by atoms with Crippen molar-refractivity contribution in [1.82, 2.24) is 9.97 Å². The van der Waals surface area contributed by atoms with E-state index in [-0.39, 0.29) is 17.0 Å². The van der Waals surface area contributed by atoms with Crippen LogP contribution in [0.4, 0.5) is 13.2 Å². The number of fused-ring (bicyclic) bond motifs is 10. The Morgan fingerprint density at radius 3 is 1.25 bits per heavy atom. The van der Waals surface area contributed by atoms with Crippen LogP contribution in [0.25, 0.3) is 77.5 Å². The summed E-state index contributed by atoms with van der Waals surface area (Å²) in [5.41, 5.74) is 24.0. The molecule has 2 aliphatic carbocycles. The smallest absolute Gasteiger partial charge is 0.255 e. The molecule has 0 saturated carbocycles. The van der Waals surface area contributed by atoms with Gasteiger partial charge in [-0.1, -0.05) is 277 Å². The molecule has 0 atom stereocenters. The minimum absolute atomic E-state index is 0.107. The third-order valence-electron chi connectivity index (χ3n) is 17.7. The Hall–Kier alpha value is -9.43. The lowest BCUT2D eigenvalue weighted by atomic mass is 9.70. The van der Waals surface area contributed by atoms with Gasteiger partial charge in [0.15, 0.2) is 5.75 Å². The molecule has 468 valence electrons. The number of benzene rings is 9. The molecule has 0 unspecified atom stereocenters. The summed E-state index contributed by atoms with van der Waals surface area (Å²) in [6.07, 6.45) is 11.4. The summed E-state index contributed by atoms with van der Waals surface area (Å²) in [4.78, 5) is 9.95. The lowest BCUT2D eigenvalue weighted by Gasteiger charge is -2.30. The molecule has 7 heteroatoms. The normalized spacial score (nSPS) is 11.8. The molecule has 0 radical (unpaired) electrons. The fourth-order valence-electron chi connectivity index (χ4n) is 12.8. The van der Waals surface area contributed by atoms with Crippen molar-refractivity contribution in [3.8, 4) is 83.2 Å². The van der Waals surface area contributed by atoms with E-state index in [1.165, 1.54) is 110 Å². The fourth-order valence-corrected chi connectivity index (χ4v) is 13.8. The first kappa shape index (κ1) is 65.1. The summed E-state index contributed by atoms with van der Waals surface area (Å²) in [6, 6.07) is 85.7. The molecule has 0 fully saturated rings. The number of aryl methyl sites for hydroxylation is 5. The predicted octanol–water partition coefficient (Wildman–Crippen LogP) is 24.0. The second-order valence-electron chi connectivity index (χ2n) is 24.0. The van der Waals surface area contributed by atoms with Gasteiger partial charge in [0.05, 0.1) is 28.3 Å². The zero-order valence-electron chi connectivity index (χ0n) is 54.3. The molecule has 3 nitrogen and oxygen atoms in total. The van der Waals surface area contributed by atoms with Crippen molar-refractivity contribution in [2.75, 3.05) is 6.61 Å². The molecule has 3 heterocycles. The van der Waals surface area contributed by atoms with Crippen LogP contribution in [0.5, 0.6) is 5.75 Å². The van der Waals surface area contributed by atoms with Gasteiger partial charge in [0, 0.05) is 21.6 Å². The first-order chi connectivity index (χ1) is 45.5. The molecular formula is C86H81F3N2OS. The first-order valence-corrected chi connectivity index (χ1v) is 33.9. The van der Waals surface area contributed by atoms with Gasteiger partial charge in [-0.15, -0.1) is 11.3 Å². The van der Waals surface area contributed by atoms with E-state index in [4.69, 9.17) is 4.74 Å². The number of aromatic nitrogens is 2. The van der Waals surface area contributed by atoms with Gasteiger partial charge in [0.2, 0.25) is 5.95 Å². The number of unbranched alkanes of at least 4 members (excludes halogenated alkanes) is 3. The lowest BCUT2D eigenvalue weighted by Crippen LogP contribution is -2.25. The number of pyridine rings is 2. The van der Waals surface area contributed by atoms with E-state index in [1.807, 2.05) is 86.6 Å². The molecule has 2 aliphatic rings. The van der Waals surface area contributed by atoms with E-state index < -0.39 is 11.9 Å². The summed E-state index contributed by atoms with van der Waals surface area (Å²) in [7, 11) is 0. The lowest BCUT2D eigenvalue weighted by molar-refractivity contribution is 0.316. The van der Waals surface area contributed by atoms with E-state index in [2.05, 4.69) is 195 Å². The maximum absolute atomic E-state index is 14.7. The summed E-state index contributed by atoms with van der Waals surface area (Å²) in [5, 5.41) is 0. The van der Waals surface area contributed by atoms with Crippen LogP contribution in [0.3, 0.4) is 0 Å². The number of thiophene rings is 1. The Labute approximate surface area is 552 Å². The fraction of sp³-hybridized carbons (Fsp3) is 0.209. The average Bonchev–Trinajstić information content (AvgIpc) is 1.52. The topological polar surface area (TPSA) is 35.0 Å². The van der Waals surface area contributed by atoms with Crippen molar-refractivity contribution in [1.29, 1.82) is 0 Å². The van der Waals surface area contributed by atoms with E-state index in [1.54, 1.807) is 29.5 Å². The van der Waals surface area contributed by atoms with Crippen LogP contribution in [0.15, 0.2) is 249 Å². The minimum atomic E-state index is -0.565. The number of halogens is 3. The van der Waals surface area contributed by atoms with E-state index in [0.29, 0.717) is 23.6 Å². The highest BCUT2D eigenvalue weighted by atomic mass is 32.1. The Balaban J connectivity index is 0.000000128. The zero-order valence-corrected chi connectivity index (χ0v) is 55.1. The summed E-state index contributed by atoms with van der Waals surface area (Å²) >= 11 is 1.55. The Bertz CT molecular complexity index is 4230. The Morgan fingerprint density at radius 1 is 0.376 bits per heavy atom.